The number of hydrogen-bond acceptors (Lipinski definition) is 7. The highest BCUT2D eigenvalue weighted by atomic mass is 32.1. The average Bonchev–Trinajstić information content (AvgIpc) is 3.37. The SMILES string of the molecule is O=C(COC(=O)c1sccc1-n1cnnn1)NC1CCCc2ccccc21. The van der Waals surface area contributed by atoms with E-state index >= 15 is 0 Å². The first kappa shape index (κ1) is 17.3. The van der Waals surface area contributed by atoms with Gasteiger partial charge in [-0.15, -0.1) is 16.4 Å². The van der Waals surface area contributed by atoms with Crippen molar-refractivity contribution in [2.24, 2.45) is 0 Å². The number of aromatic nitrogens is 4. The van der Waals surface area contributed by atoms with Gasteiger partial charge in [-0.1, -0.05) is 24.3 Å². The van der Waals surface area contributed by atoms with Crippen molar-refractivity contribution in [3.8, 4) is 5.69 Å². The molecule has 0 spiro atoms. The Morgan fingerprint density at radius 1 is 1.30 bits per heavy atom. The maximum Gasteiger partial charge on any atom is 0.351 e. The summed E-state index contributed by atoms with van der Waals surface area (Å²) in [5.41, 5.74) is 2.93. The van der Waals surface area contributed by atoms with Crippen LogP contribution < -0.4 is 5.32 Å². The van der Waals surface area contributed by atoms with Gasteiger partial charge >= 0.3 is 5.97 Å². The van der Waals surface area contributed by atoms with Crippen LogP contribution in [0.1, 0.15) is 39.7 Å². The highest BCUT2D eigenvalue weighted by Gasteiger charge is 2.23. The fraction of sp³-hybridized carbons (Fsp3) is 0.278. The van der Waals surface area contributed by atoms with Gasteiger partial charge in [0, 0.05) is 0 Å². The van der Waals surface area contributed by atoms with E-state index in [2.05, 4.69) is 26.9 Å². The minimum atomic E-state index is -0.574. The molecule has 1 aliphatic carbocycles. The van der Waals surface area contributed by atoms with Gasteiger partial charge in [0.05, 0.1) is 11.7 Å². The minimum absolute atomic E-state index is 0.0420. The summed E-state index contributed by atoms with van der Waals surface area (Å²) >= 11 is 1.21. The van der Waals surface area contributed by atoms with Crippen LogP contribution in [0.2, 0.25) is 0 Å². The van der Waals surface area contributed by atoms with Gasteiger partial charge in [-0.25, -0.2) is 4.79 Å². The van der Waals surface area contributed by atoms with Crippen molar-refractivity contribution in [2.45, 2.75) is 25.3 Å². The van der Waals surface area contributed by atoms with Gasteiger partial charge in [0.1, 0.15) is 11.2 Å². The Kier molecular flexibility index (Phi) is 4.93. The fourth-order valence-electron chi connectivity index (χ4n) is 3.24. The first-order chi connectivity index (χ1) is 13.2. The quantitative estimate of drug-likeness (QED) is 0.677. The topological polar surface area (TPSA) is 99.0 Å². The van der Waals surface area contributed by atoms with Crippen LogP contribution >= 0.6 is 11.3 Å². The molecule has 1 aliphatic rings. The van der Waals surface area contributed by atoms with Crippen molar-refractivity contribution in [3.05, 3.63) is 58.0 Å². The number of carbonyl (C=O) groups is 2. The van der Waals surface area contributed by atoms with Gasteiger partial charge in [0.15, 0.2) is 6.61 Å². The molecule has 0 bridgehead atoms. The summed E-state index contributed by atoms with van der Waals surface area (Å²) in [6.45, 7) is -0.329. The van der Waals surface area contributed by atoms with Crippen molar-refractivity contribution in [1.82, 2.24) is 25.5 Å². The zero-order valence-electron chi connectivity index (χ0n) is 14.4. The largest absolute Gasteiger partial charge is 0.451 e. The second-order valence-electron chi connectivity index (χ2n) is 6.18. The lowest BCUT2D eigenvalue weighted by atomic mass is 9.88. The number of rotatable bonds is 5. The maximum absolute atomic E-state index is 12.3. The average molecular weight is 383 g/mol. The fourth-order valence-corrected chi connectivity index (χ4v) is 4.01. The van der Waals surface area contributed by atoms with Crippen LogP contribution in [0.15, 0.2) is 42.0 Å². The lowest BCUT2D eigenvalue weighted by molar-refractivity contribution is -0.125. The van der Waals surface area contributed by atoms with Crippen LogP contribution in [0.4, 0.5) is 0 Å². The predicted molar refractivity (Wildman–Crippen MR) is 97.6 cm³/mol. The molecule has 1 amide bonds. The minimum Gasteiger partial charge on any atom is -0.451 e. The van der Waals surface area contributed by atoms with Crippen LogP contribution in [0.25, 0.3) is 5.69 Å². The van der Waals surface area contributed by atoms with Gasteiger partial charge in [-0.05, 0) is 52.3 Å². The van der Waals surface area contributed by atoms with E-state index in [-0.39, 0.29) is 18.6 Å². The van der Waals surface area contributed by atoms with Crippen LogP contribution in [-0.2, 0) is 16.0 Å². The van der Waals surface area contributed by atoms with Gasteiger partial charge in [-0.2, -0.15) is 4.68 Å². The second-order valence-corrected chi connectivity index (χ2v) is 7.09. The summed E-state index contributed by atoms with van der Waals surface area (Å²) in [5.74, 6) is -0.889. The molecule has 0 saturated heterocycles. The first-order valence-electron chi connectivity index (χ1n) is 8.57. The summed E-state index contributed by atoms with van der Waals surface area (Å²) in [4.78, 5) is 25.0. The zero-order valence-corrected chi connectivity index (χ0v) is 15.2. The molecule has 1 atom stereocenters. The number of hydrogen-bond donors (Lipinski definition) is 1. The molecule has 1 N–H and O–H groups in total. The lowest BCUT2D eigenvalue weighted by Crippen LogP contribution is -2.34. The predicted octanol–water partition coefficient (Wildman–Crippen LogP) is 2.07. The van der Waals surface area contributed by atoms with Gasteiger partial charge in [0.25, 0.3) is 5.91 Å². The number of aryl methyl sites for hydroxylation is 1. The number of thiophene rings is 1. The maximum atomic E-state index is 12.3. The Bertz CT molecular complexity index is 954. The van der Waals surface area contributed by atoms with E-state index in [9.17, 15) is 9.59 Å². The van der Waals surface area contributed by atoms with Gasteiger partial charge in [-0.3, -0.25) is 4.79 Å². The van der Waals surface area contributed by atoms with Crippen LogP contribution in [0.3, 0.4) is 0 Å². The summed E-state index contributed by atoms with van der Waals surface area (Å²) in [7, 11) is 0. The third kappa shape index (κ3) is 3.72. The smallest absolute Gasteiger partial charge is 0.351 e. The number of tetrazole rings is 1. The van der Waals surface area contributed by atoms with Gasteiger partial charge in [0.2, 0.25) is 0 Å². The molecule has 0 fully saturated rings. The standard InChI is InChI=1S/C18H17N5O3S/c24-16(20-14-7-3-5-12-4-1-2-6-13(12)14)10-26-18(25)17-15(8-9-27-17)23-11-19-21-22-23/h1-2,4,6,8-9,11,14H,3,5,7,10H2,(H,20,24). The molecule has 138 valence electrons. The molecule has 4 rings (SSSR count). The molecular formula is C18H17N5O3S. The molecule has 1 aromatic carbocycles. The van der Waals surface area contributed by atoms with Crippen molar-refractivity contribution >= 4 is 23.2 Å². The lowest BCUT2D eigenvalue weighted by Gasteiger charge is -2.26. The number of amides is 1. The highest BCUT2D eigenvalue weighted by Crippen LogP contribution is 2.29. The molecule has 2 heterocycles. The number of fused-ring (bicyclic) bond motifs is 1. The molecule has 0 radical (unpaired) electrons. The molecule has 2 aromatic heterocycles. The van der Waals surface area contributed by atoms with Crippen molar-refractivity contribution in [2.75, 3.05) is 6.61 Å². The van der Waals surface area contributed by atoms with Crippen molar-refractivity contribution in [1.29, 1.82) is 0 Å². The summed E-state index contributed by atoms with van der Waals surface area (Å²) in [6, 6.07) is 9.78. The molecule has 0 saturated carbocycles. The molecule has 0 aliphatic heterocycles. The molecule has 27 heavy (non-hydrogen) atoms. The van der Waals surface area contributed by atoms with E-state index in [4.69, 9.17) is 4.74 Å². The second kappa shape index (κ2) is 7.67. The number of nitrogens with zero attached hydrogens (tertiary/aromatic N) is 4. The summed E-state index contributed by atoms with van der Waals surface area (Å²) in [5, 5.41) is 15.6. The van der Waals surface area contributed by atoms with E-state index in [0.29, 0.717) is 10.6 Å². The number of ether oxygens (including phenoxy) is 1. The monoisotopic (exact) mass is 383 g/mol. The van der Waals surface area contributed by atoms with E-state index in [1.54, 1.807) is 11.4 Å². The van der Waals surface area contributed by atoms with Gasteiger partial charge < -0.3 is 10.1 Å². The molecule has 9 heteroatoms. The van der Waals surface area contributed by atoms with Crippen LogP contribution in [0, 0.1) is 0 Å². The Hall–Kier alpha value is -3.07. The molecular weight excluding hydrogens is 366 g/mol. The Morgan fingerprint density at radius 2 is 2.19 bits per heavy atom. The molecule has 3 aromatic rings. The van der Waals surface area contributed by atoms with Crippen molar-refractivity contribution in [3.63, 3.8) is 0 Å². The first-order valence-corrected chi connectivity index (χ1v) is 9.45. The normalized spacial score (nSPS) is 15.8. The third-order valence-electron chi connectivity index (χ3n) is 4.46. The van der Waals surface area contributed by atoms with Crippen LogP contribution in [-0.4, -0.2) is 38.7 Å². The van der Waals surface area contributed by atoms with E-state index in [0.717, 1.165) is 24.8 Å². The van der Waals surface area contributed by atoms with E-state index in [1.165, 1.54) is 27.9 Å². The Balaban J connectivity index is 1.37. The Labute approximate surface area is 159 Å². The van der Waals surface area contributed by atoms with E-state index < -0.39 is 5.97 Å². The van der Waals surface area contributed by atoms with Crippen molar-refractivity contribution < 1.29 is 14.3 Å². The Morgan fingerprint density at radius 3 is 3.04 bits per heavy atom. The van der Waals surface area contributed by atoms with Crippen LogP contribution in [0.5, 0.6) is 0 Å². The highest BCUT2D eigenvalue weighted by molar-refractivity contribution is 7.12. The number of carbonyl (C=O) groups excluding carboxylic acids is 2. The molecule has 8 nitrogen and oxygen atoms in total. The van der Waals surface area contributed by atoms with E-state index in [1.807, 2.05) is 18.2 Å². The molecule has 1 unspecified atom stereocenters. The number of esters is 1. The third-order valence-corrected chi connectivity index (χ3v) is 5.35. The number of benzene rings is 1. The summed E-state index contributed by atoms with van der Waals surface area (Å²) < 4.78 is 6.58. The summed E-state index contributed by atoms with van der Waals surface area (Å²) in [6.07, 6.45) is 4.32. The zero-order chi connectivity index (χ0) is 18.6. The number of nitrogens with one attached hydrogen (secondary N) is 1.